The lowest BCUT2D eigenvalue weighted by Crippen LogP contribution is -2.33. The summed E-state index contributed by atoms with van der Waals surface area (Å²) in [6, 6.07) is 0. The number of unbranched alkanes of at least 4 members (excludes halogenated alkanes) is 3. The Morgan fingerprint density at radius 3 is 2.26 bits per heavy atom. The standard InChI is InChI=1S/C23H38F2O2/c1-8-9-10-11-12-15-23(24,25)22(26)27-16-21(20(7)18(4)5)14-13-19(6)17(2)3/h8,13-14,18,20-21H,1,9-12,15-16H2,2-7H3. The summed E-state index contributed by atoms with van der Waals surface area (Å²) in [5.74, 6) is -4.34. The summed E-state index contributed by atoms with van der Waals surface area (Å²) >= 11 is 0. The second kappa shape index (κ2) is 12.9. The van der Waals surface area contributed by atoms with Gasteiger partial charge in [-0.2, -0.15) is 8.78 Å². The number of rotatable bonds is 13. The molecule has 0 spiro atoms. The monoisotopic (exact) mass is 384 g/mol. The zero-order valence-electron chi connectivity index (χ0n) is 18.0. The summed E-state index contributed by atoms with van der Waals surface area (Å²) in [5, 5.41) is 0. The summed E-state index contributed by atoms with van der Waals surface area (Å²) < 4.78 is 33.1. The van der Waals surface area contributed by atoms with Crippen LogP contribution in [0.5, 0.6) is 0 Å². The second-order valence-corrected chi connectivity index (χ2v) is 8.00. The number of ether oxygens (including phenoxy) is 1. The third-order valence-electron chi connectivity index (χ3n) is 5.21. The van der Waals surface area contributed by atoms with E-state index in [4.69, 9.17) is 4.74 Å². The van der Waals surface area contributed by atoms with Gasteiger partial charge in [0.15, 0.2) is 0 Å². The first kappa shape index (κ1) is 25.6. The van der Waals surface area contributed by atoms with E-state index in [2.05, 4.69) is 27.4 Å². The van der Waals surface area contributed by atoms with E-state index in [-0.39, 0.29) is 18.4 Å². The third kappa shape index (κ3) is 10.5. The molecular weight excluding hydrogens is 346 g/mol. The van der Waals surface area contributed by atoms with Crippen molar-refractivity contribution < 1.29 is 18.3 Å². The number of carbonyl (C=O) groups excluding carboxylic acids is 1. The Morgan fingerprint density at radius 1 is 1.11 bits per heavy atom. The molecule has 156 valence electrons. The van der Waals surface area contributed by atoms with Crippen molar-refractivity contribution in [3.8, 4) is 0 Å². The summed E-state index contributed by atoms with van der Waals surface area (Å²) in [4.78, 5) is 11.9. The molecule has 0 aliphatic carbocycles. The van der Waals surface area contributed by atoms with Gasteiger partial charge < -0.3 is 4.74 Å². The van der Waals surface area contributed by atoms with Crippen LogP contribution in [0, 0.1) is 17.8 Å². The first-order valence-electron chi connectivity index (χ1n) is 10.0. The van der Waals surface area contributed by atoms with Gasteiger partial charge in [-0.25, -0.2) is 4.79 Å². The molecule has 0 aromatic heterocycles. The molecule has 2 unspecified atom stereocenters. The molecular formula is C23H38F2O2. The van der Waals surface area contributed by atoms with Gasteiger partial charge in [0.25, 0.3) is 0 Å². The van der Waals surface area contributed by atoms with E-state index >= 15 is 0 Å². The van der Waals surface area contributed by atoms with Crippen LogP contribution in [0.3, 0.4) is 0 Å². The Balaban J connectivity index is 4.81. The Labute approximate surface area is 164 Å². The fraction of sp³-hybridized carbons (Fsp3) is 0.696. The zero-order chi connectivity index (χ0) is 21.0. The van der Waals surface area contributed by atoms with E-state index in [0.29, 0.717) is 18.8 Å². The fourth-order valence-corrected chi connectivity index (χ4v) is 2.50. The minimum Gasteiger partial charge on any atom is -0.461 e. The molecule has 0 bridgehead atoms. The molecule has 0 aromatic rings. The quantitative estimate of drug-likeness (QED) is 0.146. The molecule has 0 aliphatic rings. The molecule has 0 aromatic carbocycles. The summed E-state index contributed by atoms with van der Waals surface area (Å²) in [6.45, 7) is 15.9. The van der Waals surface area contributed by atoms with Crippen molar-refractivity contribution >= 4 is 5.97 Å². The van der Waals surface area contributed by atoms with Crippen LogP contribution in [0.1, 0.15) is 73.6 Å². The third-order valence-corrected chi connectivity index (χ3v) is 5.21. The van der Waals surface area contributed by atoms with Crippen molar-refractivity contribution in [2.75, 3.05) is 6.61 Å². The van der Waals surface area contributed by atoms with Crippen LogP contribution < -0.4 is 0 Å². The van der Waals surface area contributed by atoms with Crippen molar-refractivity contribution in [1.29, 1.82) is 0 Å². The lowest BCUT2D eigenvalue weighted by atomic mass is 9.85. The summed E-state index contributed by atoms with van der Waals surface area (Å²) in [7, 11) is 0. The van der Waals surface area contributed by atoms with E-state index in [1.54, 1.807) is 6.08 Å². The Bertz CT molecular complexity index is 514. The minimum absolute atomic E-state index is 0.0171. The van der Waals surface area contributed by atoms with E-state index in [1.807, 2.05) is 32.9 Å². The van der Waals surface area contributed by atoms with Crippen molar-refractivity contribution in [2.45, 2.75) is 79.6 Å². The predicted octanol–water partition coefficient (Wildman–Crippen LogP) is 7.12. The van der Waals surface area contributed by atoms with Gasteiger partial charge in [0.1, 0.15) is 0 Å². The molecule has 0 heterocycles. The van der Waals surface area contributed by atoms with Crippen LogP contribution in [0.15, 0.2) is 36.0 Å². The Hall–Kier alpha value is -1.45. The number of hydrogen-bond acceptors (Lipinski definition) is 2. The smallest absolute Gasteiger partial charge is 0.376 e. The van der Waals surface area contributed by atoms with Gasteiger partial charge in [0.2, 0.25) is 0 Å². The number of hydrogen-bond donors (Lipinski definition) is 0. The molecule has 0 radical (unpaired) electrons. The number of halogens is 2. The molecule has 0 amide bonds. The highest BCUT2D eigenvalue weighted by molar-refractivity contribution is 5.77. The van der Waals surface area contributed by atoms with Crippen LogP contribution >= 0.6 is 0 Å². The molecule has 0 saturated carbocycles. The highest BCUT2D eigenvalue weighted by Gasteiger charge is 2.40. The van der Waals surface area contributed by atoms with Gasteiger partial charge in [-0.1, -0.05) is 56.6 Å². The van der Waals surface area contributed by atoms with Crippen LogP contribution in [-0.4, -0.2) is 18.5 Å². The van der Waals surface area contributed by atoms with E-state index < -0.39 is 18.3 Å². The van der Waals surface area contributed by atoms with Crippen molar-refractivity contribution in [3.05, 3.63) is 36.0 Å². The van der Waals surface area contributed by atoms with Crippen LogP contribution in [0.25, 0.3) is 0 Å². The van der Waals surface area contributed by atoms with Crippen LogP contribution in [0.2, 0.25) is 0 Å². The minimum atomic E-state index is -3.42. The first-order valence-corrected chi connectivity index (χ1v) is 10.0. The van der Waals surface area contributed by atoms with Crippen molar-refractivity contribution in [3.63, 3.8) is 0 Å². The van der Waals surface area contributed by atoms with Crippen molar-refractivity contribution in [1.82, 2.24) is 0 Å². The first-order chi connectivity index (χ1) is 12.5. The maximum atomic E-state index is 14.0. The Kier molecular flexibility index (Phi) is 12.2. The molecule has 0 aliphatic heterocycles. The molecule has 2 nitrogen and oxygen atoms in total. The van der Waals surface area contributed by atoms with Crippen LogP contribution in [-0.2, 0) is 9.53 Å². The van der Waals surface area contributed by atoms with Gasteiger partial charge in [-0.05, 0) is 51.9 Å². The highest BCUT2D eigenvalue weighted by atomic mass is 19.3. The molecule has 0 fully saturated rings. The lowest BCUT2D eigenvalue weighted by Gasteiger charge is -2.25. The average Bonchev–Trinajstić information content (AvgIpc) is 2.60. The molecule has 4 heteroatoms. The van der Waals surface area contributed by atoms with Gasteiger partial charge in [-0.15, -0.1) is 6.58 Å². The molecule has 27 heavy (non-hydrogen) atoms. The number of esters is 1. The molecule has 0 saturated heterocycles. The maximum absolute atomic E-state index is 14.0. The molecule has 0 N–H and O–H groups in total. The second-order valence-electron chi connectivity index (χ2n) is 8.00. The fourth-order valence-electron chi connectivity index (χ4n) is 2.50. The number of alkyl halides is 2. The topological polar surface area (TPSA) is 26.3 Å². The van der Waals surface area contributed by atoms with E-state index in [0.717, 1.165) is 18.4 Å². The lowest BCUT2D eigenvalue weighted by molar-refractivity contribution is -0.174. The highest BCUT2D eigenvalue weighted by Crippen LogP contribution is 2.27. The van der Waals surface area contributed by atoms with Gasteiger partial charge in [-0.3, -0.25) is 0 Å². The van der Waals surface area contributed by atoms with E-state index in [1.165, 1.54) is 5.57 Å². The van der Waals surface area contributed by atoms with Crippen molar-refractivity contribution in [2.24, 2.45) is 17.8 Å². The summed E-state index contributed by atoms with van der Waals surface area (Å²) in [6.07, 6.45) is 7.87. The Morgan fingerprint density at radius 2 is 1.74 bits per heavy atom. The largest absolute Gasteiger partial charge is 0.461 e. The zero-order valence-corrected chi connectivity index (χ0v) is 18.0. The van der Waals surface area contributed by atoms with Crippen LogP contribution in [0.4, 0.5) is 8.78 Å². The predicted molar refractivity (Wildman–Crippen MR) is 110 cm³/mol. The molecule has 2 atom stereocenters. The number of carbonyl (C=O) groups is 1. The molecule has 0 rings (SSSR count). The average molecular weight is 385 g/mol. The van der Waals surface area contributed by atoms with E-state index in [9.17, 15) is 13.6 Å². The normalized spacial score (nSPS) is 14.3. The van der Waals surface area contributed by atoms with Gasteiger partial charge in [0.05, 0.1) is 6.61 Å². The maximum Gasteiger partial charge on any atom is 0.376 e. The van der Waals surface area contributed by atoms with Gasteiger partial charge >= 0.3 is 11.9 Å². The summed E-state index contributed by atoms with van der Waals surface area (Å²) in [5.41, 5.74) is 2.33. The number of allylic oxidation sites excluding steroid dienone is 4. The SMILES string of the molecule is C=CCCCCCC(F)(F)C(=O)OCC(C=CC(C)=C(C)C)C(C)C(C)C. The van der Waals surface area contributed by atoms with Gasteiger partial charge in [0, 0.05) is 12.3 Å².